The molecule has 0 atom stereocenters. The SMILES string of the molecule is CCSc1ccc(C(=O)c2cc(C)ccc2OC)cc1. The maximum atomic E-state index is 12.6. The first-order chi connectivity index (χ1) is 9.65. The molecule has 0 radical (unpaired) electrons. The van der Waals surface area contributed by atoms with Gasteiger partial charge in [0.1, 0.15) is 5.75 Å². The fourth-order valence-corrected chi connectivity index (χ4v) is 2.69. The van der Waals surface area contributed by atoms with E-state index in [1.54, 1.807) is 18.9 Å². The van der Waals surface area contributed by atoms with Crippen LogP contribution in [0.25, 0.3) is 0 Å². The van der Waals surface area contributed by atoms with E-state index >= 15 is 0 Å². The van der Waals surface area contributed by atoms with Crippen molar-refractivity contribution in [3.05, 3.63) is 59.2 Å². The van der Waals surface area contributed by atoms with E-state index in [9.17, 15) is 4.79 Å². The molecule has 0 aliphatic rings. The summed E-state index contributed by atoms with van der Waals surface area (Å²) in [5.41, 5.74) is 2.35. The zero-order valence-electron chi connectivity index (χ0n) is 12.0. The summed E-state index contributed by atoms with van der Waals surface area (Å²) >= 11 is 1.77. The first kappa shape index (κ1) is 14.7. The van der Waals surface area contributed by atoms with Crippen LogP contribution < -0.4 is 4.74 Å². The van der Waals surface area contributed by atoms with Gasteiger partial charge in [0.05, 0.1) is 12.7 Å². The van der Waals surface area contributed by atoms with Gasteiger partial charge in [-0.05, 0) is 49.1 Å². The van der Waals surface area contributed by atoms with E-state index in [1.165, 1.54) is 4.90 Å². The van der Waals surface area contributed by atoms with Gasteiger partial charge in [-0.15, -0.1) is 11.8 Å². The van der Waals surface area contributed by atoms with Crippen molar-refractivity contribution in [1.82, 2.24) is 0 Å². The third-order valence-electron chi connectivity index (χ3n) is 3.03. The average Bonchev–Trinajstić information content (AvgIpc) is 2.47. The molecule has 0 N–H and O–H groups in total. The minimum atomic E-state index is -0.00130. The molecule has 20 heavy (non-hydrogen) atoms. The van der Waals surface area contributed by atoms with E-state index in [0.29, 0.717) is 16.9 Å². The lowest BCUT2D eigenvalue weighted by Crippen LogP contribution is -2.04. The molecule has 2 aromatic carbocycles. The van der Waals surface area contributed by atoms with Crippen LogP contribution in [-0.2, 0) is 0 Å². The van der Waals surface area contributed by atoms with Crippen LogP contribution in [-0.4, -0.2) is 18.6 Å². The van der Waals surface area contributed by atoms with Crippen molar-refractivity contribution in [2.75, 3.05) is 12.9 Å². The van der Waals surface area contributed by atoms with Gasteiger partial charge >= 0.3 is 0 Å². The summed E-state index contributed by atoms with van der Waals surface area (Å²) in [6.45, 7) is 4.08. The van der Waals surface area contributed by atoms with Gasteiger partial charge in [-0.1, -0.05) is 18.6 Å². The van der Waals surface area contributed by atoms with Crippen molar-refractivity contribution >= 4 is 17.5 Å². The topological polar surface area (TPSA) is 26.3 Å². The molecule has 0 amide bonds. The van der Waals surface area contributed by atoms with Crippen molar-refractivity contribution in [2.45, 2.75) is 18.7 Å². The molecule has 0 heterocycles. The maximum absolute atomic E-state index is 12.6. The number of hydrogen-bond donors (Lipinski definition) is 0. The number of thioether (sulfide) groups is 1. The van der Waals surface area contributed by atoms with Gasteiger partial charge in [0.15, 0.2) is 5.78 Å². The lowest BCUT2D eigenvalue weighted by Gasteiger charge is -2.09. The Kier molecular flexibility index (Phi) is 4.85. The number of ketones is 1. The number of carbonyl (C=O) groups is 1. The molecule has 2 rings (SSSR count). The number of methoxy groups -OCH3 is 1. The third-order valence-corrected chi connectivity index (χ3v) is 3.92. The second-order valence-corrected chi connectivity index (χ2v) is 5.83. The van der Waals surface area contributed by atoms with Crippen molar-refractivity contribution in [2.24, 2.45) is 0 Å². The van der Waals surface area contributed by atoms with Crippen LogP contribution in [0.1, 0.15) is 28.4 Å². The highest BCUT2D eigenvalue weighted by atomic mass is 32.2. The molecule has 104 valence electrons. The largest absolute Gasteiger partial charge is 0.496 e. The highest BCUT2D eigenvalue weighted by Gasteiger charge is 2.14. The predicted molar refractivity (Wildman–Crippen MR) is 84.0 cm³/mol. The van der Waals surface area contributed by atoms with E-state index in [4.69, 9.17) is 4.74 Å². The number of benzene rings is 2. The highest BCUT2D eigenvalue weighted by molar-refractivity contribution is 7.99. The Morgan fingerprint density at radius 3 is 2.45 bits per heavy atom. The number of rotatable bonds is 5. The Bertz CT molecular complexity index is 603. The summed E-state index contributed by atoms with van der Waals surface area (Å²) in [5.74, 6) is 1.64. The van der Waals surface area contributed by atoms with Crippen molar-refractivity contribution in [1.29, 1.82) is 0 Å². The summed E-state index contributed by atoms with van der Waals surface area (Å²) < 4.78 is 5.28. The Hall–Kier alpha value is -1.74. The average molecular weight is 286 g/mol. The lowest BCUT2D eigenvalue weighted by molar-refractivity contribution is 0.103. The zero-order valence-corrected chi connectivity index (χ0v) is 12.8. The summed E-state index contributed by atoms with van der Waals surface area (Å²) in [6, 6.07) is 13.4. The molecule has 0 unspecified atom stereocenters. The van der Waals surface area contributed by atoms with Crippen LogP contribution in [0.3, 0.4) is 0 Å². The van der Waals surface area contributed by atoms with Crippen LogP contribution in [0.2, 0.25) is 0 Å². The Morgan fingerprint density at radius 2 is 1.85 bits per heavy atom. The molecule has 2 aromatic rings. The van der Waals surface area contributed by atoms with Crippen LogP contribution in [0.5, 0.6) is 5.75 Å². The Balaban J connectivity index is 2.33. The van der Waals surface area contributed by atoms with Gasteiger partial charge in [-0.2, -0.15) is 0 Å². The normalized spacial score (nSPS) is 10.3. The zero-order chi connectivity index (χ0) is 14.5. The molecule has 0 saturated carbocycles. The van der Waals surface area contributed by atoms with Crippen molar-refractivity contribution in [3.8, 4) is 5.75 Å². The third kappa shape index (κ3) is 3.23. The van der Waals surface area contributed by atoms with Crippen LogP contribution >= 0.6 is 11.8 Å². The second kappa shape index (κ2) is 6.62. The molecule has 2 nitrogen and oxygen atoms in total. The second-order valence-electron chi connectivity index (χ2n) is 4.49. The molecule has 0 spiro atoms. The minimum absolute atomic E-state index is 0.00130. The monoisotopic (exact) mass is 286 g/mol. The molecule has 0 fully saturated rings. The molecule has 0 aliphatic carbocycles. The summed E-state index contributed by atoms with van der Waals surface area (Å²) in [7, 11) is 1.59. The van der Waals surface area contributed by atoms with Gasteiger partial charge in [0, 0.05) is 10.5 Å². The molecular formula is C17H18O2S. The molecule has 0 aliphatic heterocycles. The highest BCUT2D eigenvalue weighted by Crippen LogP contribution is 2.24. The van der Waals surface area contributed by atoms with Gasteiger partial charge in [0.25, 0.3) is 0 Å². The standard InChI is InChI=1S/C17H18O2S/c1-4-20-14-8-6-13(7-9-14)17(18)15-11-12(2)5-10-16(15)19-3/h5-11H,4H2,1-3H3. The van der Waals surface area contributed by atoms with Crippen LogP contribution in [0.15, 0.2) is 47.4 Å². The predicted octanol–water partition coefficient (Wildman–Crippen LogP) is 4.35. The summed E-state index contributed by atoms with van der Waals surface area (Å²) in [4.78, 5) is 13.7. The lowest BCUT2D eigenvalue weighted by atomic mass is 10.0. The van der Waals surface area contributed by atoms with Gasteiger partial charge < -0.3 is 4.74 Å². The van der Waals surface area contributed by atoms with E-state index in [1.807, 2.05) is 49.4 Å². The molecule has 0 bridgehead atoms. The minimum Gasteiger partial charge on any atom is -0.496 e. The van der Waals surface area contributed by atoms with Gasteiger partial charge in [0.2, 0.25) is 0 Å². The molecular weight excluding hydrogens is 268 g/mol. The number of hydrogen-bond acceptors (Lipinski definition) is 3. The first-order valence-corrected chi connectivity index (χ1v) is 7.56. The van der Waals surface area contributed by atoms with Crippen LogP contribution in [0.4, 0.5) is 0 Å². The summed E-state index contributed by atoms with van der Waals surface area (Å²) in [5, 5.41) is 0. The van der Waals surface area contributed by atoms with Gasteiger partial charge in [-0.25, -0.2) is 0 Å². The number of carbonyl (C=O) groups excluding carboxylic acids is 1. The Labute approximate surface area is 124 Å². The molecule has 3 heteroatoms. The maximum Gasteiger partial charge on any atom is 0.196 e. The van der Waals surface area contributed by atoms with Gasteiger partial charge in [-0.3, -0.25) is 4.79 Å². The first-order valence-electron chi connectivity index (χ1n) is 6.58. The fraction of sp³-hybridized carbons (Fsp3) is 0.235. The fourth-order valence-electron chi connectivity index (χ4n) is 2.02. The van der Waals surface area contributed by atoms with E-state index in [-0.39, 0.29) is 5.78 Å². The van der Waals surface area contributed by atoms with Crippen molar-refractivity contribution in [3.63, 3.8) is 0 Å². The quantitative estimate of drug-likeness (QED) is 0.604. The van der Waals surface area contributed by atoms with E-state index in [2.05, 4.69) is 6.92 Å². The molecule has 0 aromatic heterocycles. The van der Waals surface area contributed by atoms with E-state index in [0.717, 1.165) is 11.3 Å². The Morgan fingerprint density at radius 1 is 1.15 bits per heavy atom. The van der Waals surface area contributed by atoms with Crippen LogP contribution in [0, 0.1) is 6.92 Å². The number of ether oxygens (including phenoxy) is 1. The number of aryl methyl sites for hydroxylation is 1. The smallest absolute Gasteiger partial charge is 0.196 e. The summed E-state index contributed by atoms with van der Waals surface area (Å²) in [6.07, 6.45) is 0. The van der Waals surface area contributed by atoms with E-state index < -0.39 is 0 Å². The molecule has 0 saturated heterocycles. The van der Waals surface area contributed by atoms with Crippen molar-refractivity contribution < 1.29 is 9.53 Å².